The first-order valence-electron chi connectivity index (χ1n) is 1.14. The molecule has 3 nitrogen and oxygen atoms in total. The molecule has 0 bridgehead atoms. The van der Waals surface area contributed by atoms with E-state index in [1.165, 1.54) is 0 Å². The Hall–Kier alpha value is 1.34. The molecular weight excluding hydrogens is 150 g/mol. The topological polar surface area (TPSA) is 46.5 Å². The largest absolute Gasteiger partial charge is 2.00 e. The summed E-state index contributed by atoms with van der Waals surface area (Å²) in [5.41, 5.74) is 0. The number of rotatable bonds is 1. The van der Waals surface area contributed by atoms with Crippen LogP contribution in [0.25, 0.3) is 0 Å². The van der Waals surface area contributed by atoms with Crippen molar-refractivity contribution in [3.05, 3.63) is 0 Å². The predicted octanol–water partition coefficient (Wildman–Crippen LogP) is 0.547. The first kappa shape index (κ1) is 11.2. The van der Waals surface area contributed by atoms with Gasteiger partial charge in [0.2, 0.25) is 0 Å². The van der Waals surface area contributed by atoms with Crippen LogP contribution in [0.15, 0.2) is 0 Å². The molecule has 0 amide bonds. The van der Waals surface area contributed by atoms with Crippen molar-refractivity contribution < 1.29 is 21.0 Å². The van der Waals surface area contributed by atoms with Crippen LogP contribution < -0.4 is 0 Å². The van der Waals surface area contributed by atoms with Gasteiger partial charge >= 0.3 is 45.6 Å². The molecule has 0 saturated carbocycles. The molecule has 1 atom stereocenters. The Kier molecular flexibility index (Phi) is 6.77. The Morgan fingerprint density at radius 2 is 2.14 bits per heavy atom. The van der Waals surface area contributed by atoms with E-state index in [1.54, 1.807) is 0 Å². The fourth-order valence-corrected chi connectivity index (χ4v) is 0. The number of hydrogen-bond donors (Lipinski definition) is 1. The molecule has 0 saturated heterocycles. The first-order chi connectivity index (χ1) is 2.56. The van der Waals surface area contributed by atoms with E-state index in [1.807, 2.05) is 0 Å². The second-order valence-electron chi connectivity index (χ2n) is 0.634. The molecule has 0 radical (unpaired) electrons. The van der Waals surface area contributed by atoms with Gasteiger partial charge in [0.25, 0.3) is 0 Å². The molecule has 0 fully saturated rings. The van der Waals surface area contributed by atoms with Crippen LogP contribution in [-0.2, 0) is 9.09 Å². The Morgan fingerprint density at radius 3 is 2.14 bits per heavy atom. The molecule has 0 aromatic carbocycles. The van der Waals surface area contributed by atoms with Crippen LogP contribution in [-0.4, -0.2) is 49.7 Å². The minimum absolute atomic E-state index is 0. The van der Waals surface area contributed by atoms with Gasteiger partial charge in [0.1, 0.15) is 0 Å². The standard InChI is InChI=1S/CH4FO3P.Ca.2H/c1-5-6(2,3)4;;;/h1H3,(H,3,4);;;/q;+2;2*-1. The summed E-state index contributed by atoms with van der Waals surface area (Å²) >= 11 is 0. The van der Waals surface area contributed by atoms with Crippen LogP contribution in [0.5, 0.6) is 0 Å². The van der Waals surface area contributed by atoms with Gasteiger partial charge in [-0.3, -0.25) is 9.42 Å². The van der Waals surface area contributed by atoms with E-state index in [-0.39, 0.29) is 40.6 Å². The Labute approximate surface area is 73.5 Å². The Bertz CT molecular complexity index is 85.9. The summed E-state index contributed by atoms with van der Waals surface area (Å²) in [6.45, 7) is 0. The Balaban J connectivity index is -0.0000000417. The van der Waals surface area contributed by atoms with Crippen molar-refractivity contribution in [3.63, 3.8) is 0 Å². The molecule has 42 valence electrons. The van der Waals surface area contributed by atoms with Crippen molar-refractivity contribution in [3.8, 4) is 0 Å². The van der Waals surface area contributed by atoms with Crippen molar-refractivity contribution >= 4 is 45.6 Å². The fourth-order valence-electron chi connectivity index (χ4n) is 0. The first-order valence-corrected chi connectivity index (χ1v) is 2.61. The molecule has 0 aromatic heterocycles. The minimum Gasteiger partial charge on any atom is -1.00 e. The minimum atomic E-state index is -4.65. The van der Waals surface area contributed by atoms with Gasteiger partial charge in [-0.05, 0) is 0 Å². The van der Waals surface area contributed by atoms with E-state index in [0.717, 1.165) is 7.11 Å². The smallest absolute Gasteiger partial charge is 1.00 e. The van der Waals surface area contributed by atoms with Gasteiger partial charge in [-0.25, -0.2) is 4.57 Å². The van der Waals surface area contributed by atoms with Crippen molar-refractivity contribution in [2.75, 3.05) is 7.11 Å². The summed E-state index contributed by atoms with van der Waals surface area (Å²) in [7, 11) is -3.83. The third-order valence-electron chi connectivity index (χ3n) is 0.225. The predicted molar refractivity (Wildman–Crippen MR) is 25.9 cm³/mol. The zero-order chi connectivity index (χ0) is 5.21. The maximum absolute atomic E-state index is 11.0. The van der Waals surface area contributed by atoms with E-state index in [0.29, 0.717) is 0 Å². The zero-order valence-electron chi connectivity index (χ0n) is 5.80. The summed E-state index contributed by atoms with van der Waals surface area (Å²) in [6, 6.07) is 0. The molecule has 1 N–H and O–H groups in total. The summed E-state index contributed by atoms with van der Waals surface area (Å²) in [4.78, 5) is 7.49. The monoisotopic (exact) mass is 156 g/mol. The normalized spacial score (nSPS) is 17.0. The van der Waals surface area contributed by atoms with Gasteiger partial charge in [-0.2, -0.15) is 0 Å². The van der Waals surface area contributed by atoms with Gasteiger partial charge in [0, 0.05) is 7.11 Å². The number of hydrogen-bond acceptors (Lipinski definition) is 2. The van der Waals surface area contributed by atoms with Crippen LogP contribution in [0.4, 0.5) is 4.20 Å². The van der Waals surface area contributed by atoms with E-state index in [9.17, 15) is 8.76 Å². The molecular formula is CH6CaFO3P. The average molecular weight is 156 g/mol. The van der Waals surface area contributed by atoms with Crippen LogP contribution in [0.2, 0.25) is 0 Å². The molecule has 0 aliphatic rings. The molecule has 0 aromatic rings. The summed E-state index contributed by atoms with van der Waals surface area (Å²) in [5, 5.41) is 0. The summed E-state index contributed by atoms with van der Waals surface area (Å²) in [5.74, 6) is 0. The average Bonchev–Trinajstić information content (AvgIpc) is 1.35. The Morgan fingerprint density at radius 1 is 2.00 bits per heavy atom. The van der Waals surface area contributed by atoms with Crippen molar-refractivity contribution in [1.82, 2.24) is 0 Å². The van der Waals surface area contributed by atoms with E-state index < -0.39 is 7.91 Å². The van der Waals surface area contributed by atoms with E-state index in [2.05, 4.69) is 4.52 Å². The van der Waals surface area contributed by atoms with Crippen molar-refractivity contribution in [2.24, 2.45) is 0 Å². The van der Waals surface area contributed by atoms with E-state index >= 15 is 0 Å². The molecule has 6 heteroatoms. The third-order valence-corrected chi connectivity index (χ3v) is 0.676. The van der Waals surface area contributed by atoms with Crippen LogP contribution in [0.1, 0.15) is 2.85 Å². The van der Waals surface area contributed by atoms with Crippen LogP contribution in [0.3, 0.4) is 0 Å². The molecule has 0 aliphatic heterocycles. The van der Waals surface area contributed by atoms with Gasteiger partial charge in [0.05, 0.1) is 0 Å². The van der Waals surface area contributed by atoms with E-state index in [4.69, 9.17) is 4.89 Å². The maximum Gasteiger partial charge on any atom is 2.00 e. The summed E-state index contributed by atoms with van der Waals surface area (Å²) < 4.78 is 23.6. The van der Waals surface area contributed by atoms with Gasteiger partial charge < -0.3 is 2.85 Å². The molecule has 0 heterocycles. The SMILES string of the molecule is COP(=O)(O)F.[Ca+2].[H-].[H-]. The molecule has 1 unspecified atom stereocenters. The maximum atomic E-state index is 11.0. The van der Waals surface area contributed by atoms with Gasteiger partial charge in [0.15, 0.2) is 0 Å². The molecule has 0 rings (SSSR count). The second-order valence-corrected chi connectivity index (χ2v) is 1.90. The van der Waals surface area contributed by atoms with Gasteiger partial charge in [-0.1, -0.05) is 0 Å². The quantitative estimate of drug-likeness (QED) is 0.445. The fraction of sp³-hybridized carbons (Fsp3) is 1.00. The van der Waals surface area contributed by atoms with Crippen molar-refractivity contribution in [1.29, 1.82) is 0 Å². The second kappa shape index (κ2) is 4.24. The summed E-state index contributed by atoms with van der Waals surface area (Å²) in [6.07, 6.45) is 0. The molecule has 0 aliphatic carbocycles. The van der Waals surface area contributed by atoms with Gasteiger partial charge in [-0.15, -0.1) is 4.20 Å². The molecule has 7 heavy (non-hydrogen) atoms. The zero-order valence-corrected chi connectivity index (χ0v) is 6.90. The van der Waals surface area contributed by atoms with Crippen LogP contribution >= 0.6 is 7.91 Å². The van der Waals surface area contributed by atoms with Crippen LogP contribution in [0, 0.1) is 0 Å². The number of halogens is 1. The molecule has 0 spiro atoms. The third kappa shape index (κ3) is 11.1. The van der Waals surface area contributed by atoms with Crippen molar-refractivity contribution in [2.45, 2.75) is 0 Å².